The molecule has 0 bridgehead atoms. The highest BCUT2D eigenvalue weighted by atomic mass is 19.1. The summed E-state index contributed by atoms with van der Waals surface area (Å²) in [5.41, 5.74) is 0.499. The summed E-state index contributed by atoms with van der Waals surface area (Å²) in [5, 5.41) is 7.04. The number of aromatic nitrogens is 4. The van der Waals surface area contributed by atoms with Gasteiger partial charge in [0.1, 0.15) is 5.82 Å². The molecule has 134 valence electrons. The van der Waals surface area contributed by atoms with E-state index in [-0.39, 0.29) is 23.0 Å². The quantitative estimate of drug-likeness (QED) is 0.771. The Morgan fingerprint density at radius 1 is 1.31 bits per heavy atom. The lowest BCUT2D eigenvalue weighted by molar-refractivity contribution is 0.0485. The fourth-order valence-corrected chi connectivity index (χ4v) is 3.31. The number of hydrogen-bond donors (Lipinski definition) is 1. The van der Waals surface area contributed by atoms with E-state index in [0.717, 1.165) is 5.56 Å². The van der Waals surface area contributed by atoms with Gasteiger partial charge in [-0.05, 0) is 36.6 Å². The van der Waals surface area contributed by atoms with E-state index in [1.165, 1.54) is 16.6 Å². The zero-order chi connectivity index (χ0) is 18.0. The second-order valence-electron chi connectivity index (χ2n) is 6.39. The maximum Gasteiger partial charge on any atom is 0.291 e. The number of ether oxygens (including phenoxy) is 1. The van der Waals surface area contributed by atoms with Crippen LogP contribution in [-0.2, 0) is 10.2 Å². The molecule has 4 rings (SSSR count). The molecule has 0 saturated carbocycles. The Bertz CT molecular complexity index is 903. The van der Waals surface area contributed by atoms with Crippen LogP contribution in [-0.4, -0.2) is 45.2 Å². The van der Waals surface area contributed by atoms with Gasteiger partial charge in [0.2, 0.25) is 5.82 Å². The first-order chi connectivity index (χ1) is 12.7. The van der Waals surface area contributed by atoms with Crippen LogP contribution < -0.4 is 5.32 Å². The third-order valence-electron chi connectivity index (χ3n) is 4.79. The van der Waals surface area contributed by atoms with Crippen LogP contribution in [0.3, 0.4) is 0 Å². The van der Waals surface area contributed by atoms with Gasteiger partial charge in [-0.25, -0.2) is 13.9 Å². The van der Waals surface area contributed by atoms with Crippen molar-refractivity contribution in [2.24, 2.45) is 0 Å². The largest absolute Gasteiger partial charge is 0.381 e. The molecule has 0 unspecified atom stereocenters. The van der Waals surface area contributed by atoms with Gasteiger partial charge in [0.25, 0.3) is 11.7 Å². The van der Waals surface area contributed by atoms with Gasteiger partial charge in [-0.1, -0.05) is 12.1 Å². The fraction of sp³-hybridized carbons (Fsp3) is 0.333. The number of carbonyl (C=O) groups is 1. The topological polar surface area (TPSA) is 81.4 Å². The first kappa shape index (κ1) is 16.6. The van der Waals surface area contributed by atoms with Gasteiger partial charge < -0.3 is 10.1 Å². The zero-order valence-electron chi connectivity index (χ0n) is 14.1. The number of carbonyl (C=O) groups excluding carboxylic acids is 1. The second-order valence-corrected chi connectivity index (χ2v) is 6.39. The minimum atomic E-state index is -0.377. The molecule has 0 atom stereocenters. The van der Waals surface area contributed by atoms with Crippen molar-refractivity contribution in [3.05, 3.63) is 59.9 Å². The van der Waals surface area contributed by atoms with Gasteiger partial charge in [-0.15, -0.1) is 5.10 Å². The van der Waals surface area contributed by atoms with Crippen molar-refractivity contribution in [2.75, 3.05) is 19.8 Å². The molecule has 1 aromatic carbocycles. The summed E-state index contributed by atoms with van der Waals surface area (Å²) in [6.07, 6.45) is 4.68. The third kappa shape index (κ3) is 3.15. The second kappa shape index (κ2) is 6.80. The molecule has 1 fully saturated rings. The predicted octanol–water partition coefficient (Wildman–Crippen LogP) is 1.74. The summed E-state index contributed by atoms with van der Waals surface area (Å²) >= 11 is 0. The van der Waals surface area contributed by atoms with Crippen LogP contribution in [0, 0.1) is 5.82 Å². The van der Waals surface area contributed by atoms with Crippen molar-refractivity contribution in [3.63, 3.8) is 0 Å². The van der Waals surface area contributed by atoms with E-state index in [4.69, 9.17) is 4.74 Å². The number of fused-ring (bicyclic) bond motifs is 1. The van der Waals surface area contributed by atoms with Crippen LogP contribution in [0.1, 0.15) is 29.0 Å². The fourth-order valence-electron chi connectivity index (χ4n) is 3.31. The summed E-state index contributed by atoms with van der Waals surface area (Å²) in [6, 6.07) is 8.25. The summed E-state index contributed by atoms with van der Waals surface area (Å²) in [6.45, 7) is 1.51. The molecule has 0 radical (unpaired) electrons. The average Bonchev–Trinajstić information content (AvgIpc) is 3.11. The van der Waals surface area contributed by atoms with Crippen LogP contribution in [0.25, 0.3) is 5.78 Å². The highest BCUT2D eigenvalue weighted by Gasteiger charge is 2.35. The van der Waals surface area contributed by atoms with E-state index >= 15 is 0 Å². The molecule has 1 amide bonds. The molecule has 26 heavy (non-hydrogen) atoms. The molecule has 1 aliphatic rings. The Balaban J connectivity index is 1.55. The smallest absolute Gasteiger partial charge is 0.291 e. The monoisotopic (exact) mass is 355 g/mol. The minimum absolute atomic E-state index is 0.0603. The third-order valence-corrected chi connectivity index (χ3v) is 4.79. The molecule has 0 spiro atoms. The number of benzene rings is 1. The normalized spacial score (nSPS) is 16.5. The van der Waals surface area contributed by atoms with Crippen LogP contribution in [0.5, 0.6) is 0 Å². The van der Waals surface area contributed by atoms with Gasteiger partial charge in [-0.2, -0.15) is 4.98 Å². The van der Waals surface area contributed by atoms with Crippen LogP contribution in [0.4, 0.5) is 4.39 Å². The van der Waals surface area contributed by atoms with Crippen molar-refractivity contribution in [3.8, 4) is 0 Å². The predicted molar refractivity (Wildman–Crippen MR) is 91.2 cm³/mol. The van der Waals surface area contributed by atoms with E-state index in [1.807, 2.05) is 6.07 Å². The molecule has 1 aliphatic heterocycles. The van der Waals surface area contributed by atoms with Gasteiger partial charge in [0.15, 0.2) is 0 Å². The SMILES string of the molecule is O=C(NCC1(c2cccc(F)c2)CCOCC1)c1nc2ncccn2n1. The maximum atomic E-state index is 13.7. The minimum Gasteiger partial charge on any atom is -0.381 e. The van der Waals surface area contributed by atoms with Crippen LogP contribution in [0.2, 0.25) is 0 Å². The lowest BCUT2D eigenvalue weighted by Gasteiger charge is -2.37. The van der Waals surface area contributed by atoms with E-state index in [0.29, 0.717) is 38.4 Å². The van der Waals surface area contributed by atoms with E-state index in [2.05, 4.69) is 20.4 Å². The number of rotatable bonds is 4. The summed E-state index contributed by atoms with van der Waals surface area (Å²) in [7, 11) is 0. The van der Waals surface area contributed by atoms with E-state index < -0.39 is 0 Å². The first-order valence-electron chi connectivity index (χ1n) is 8.46. The highest BCUT2D eigenvalue weighted by Crippen LogP contribution is 2.34. The lowest BCUT2D eigenvalue weighted by Crippen LogP contribution is -2.44. The molecule has 1 saturated heterocycles. The lowest BCUT2D eigenvalue weighted by atomic mass is 9.74. The Kier molecular flexibility index (Phi) is 4.34. The number of nitrogens with zero attached hydrogens (tertiary/aromatic N) is 4. The van der Waals surface area contributed by atoms with Gasteiger partial charge >= 0.3 is 0 Å². The standard InChI is InChI=1S/C18H18FN5O2/c19-14-4-1-3-13(11-14)18(5-9-26-10-6-18)12-21-16(25)15-22-17-20-7-2-8-24(17)23-15/h1-4,7-8,11H,5-6,9-10,12H2,(H,21,25). The van der Waals surface area contributed by atoms with E-state index in [1.54, 1.807) is 24.5 Å². The summed E-state index contributed by atoms with van der Waals surface area (Å²) < 4.78 is 20.6. The van der Waals surface area contributed by atoms with Crippen molar-refractivity contribution in [1.82, 2.24) is 24.9 Å². The zero-order valence-corrected chi connectivity index (χ0v) is 14.1. The molecular weight excluding hydrogens is 337 g/mol. The highest BCUT2D eigenvalue weighted by molar-refractivity contribution is 5.90. The van der Waals surface area contributed by atoms with Crippen molar-refractivity contribution < 1.29 is 13.9 Å². The molecule has 8 heteroatoms. The number of halogens is 1. The average molecular weight is 355 g/mol. The van der Waals surface area contributed by atoms with Gasteiger partial charge in [0, 0.05) is 37.6 Å². The van der Waals surface area contributed by atoms with Gasteiger partial charge in [0.05, 0.1) is 0 Å². The van der Waals surface area contributed by atoms with E-state index in [9.17, 15) is 9.18 Å². The Labute approximate surface area is 149 Å². The molecule has 3 aromatic rings. The first-order valence-corrected chi connectivity index (χ1v) is 8.46. The summed E-state index contributed by atoms with van der Waals surface area (Å²) in [4.78, 5) is 20.7. The molecule has 0 aliphatic carbocycles. The number of hydrogen-bond acceptors (Lipinski definition) is 5. The Morgan fingerprint density at radius 2 is 2.15 bits per heavy atom. The van der Waals surface area contributed by atoms with Crippen molar-refractivity contribution in [2.45, 2.75) is 18.3 Å². The molecule has 2 aromatic heterocycles. The Morgan fingerprint density at radius 3 is 2.92 bits per heavy atom. The van der Waals surface area contributed by atoms with Crippen LogP contribution >= 0.6 is 0 Å². The molecule has 1 N–H and O–H groups in total. The van der Waals surface area contributed by atoms with Crippen molar-refractivity contribution in [1.29, 1.82) is 0 Å². The van der Waals surface area contributed by atoms with Gasteiger partial charge in [-0.3, -0.25) is 4.79 Å². The van der Waals surface area contributed by atoms with Crippen molar-refractivity contribution >= 4 is 11.7 Å². The molecule has 7 nitrogen and oxygen atoms in total. The molecular formula is C18H18FN5O2. The number of amides is 1. The Hall–Kier alpha value is -2.87. The maximum absolute atomic E-state index is 13.7. The molecule has 3 heterocycles. The summed E-state index contributed by atoms with van der Waals surface area (Å²) in [5.74, 6) is -0.237. The number of nitrogens with one attached hydrogen (secondary N) is 1. The van der Waals surface area contributed by atoms with Crippen LogP contribution in [0.15, 0.2) is 42.7 Å².